The lowest BCUT2D eigenvalue weighted by atomic mass is 10.2. The average Bonchev–Trinajstić information content (AvgIpc) is 2.68. The molecule has 0 saturated carbocycles. The largest absolute Gasteiger partial charge is 0.342 e. The molecule has 2 aromatic rings. The van der Waals surface area contributed by atoms with Crippen molar-refractivity contribution in [1.82, 2.24) is 9.80 Å². The van der Waals surface area contributed by atoms with Gasteiger partial charge >= 0.3 is 0 Å². The number of benzene rings is 1. The van der Waals surface area contributed by atoms with Crippen molar-refractivity contribution in [3.63, 3.8) is 0 Å². The molecule has 1 aromatic heterocycles. The number of hydrogen-bond donors (Lipinski definition) is 0. The van der Waals surface area contributed by atoms with Gasteiger partial charge in [-0.25, -0.2) is 0 Å². The molecule has 20 heavy (non-hydrogen) atoms. The van der Waals surface area contributed by atoms with Crippen LogP contribution >= 0.6 is 11.3 Å². The average molecular weight is 288 g/mol. The third kappa shape index (κ3) is 3.02. The quantitative estimate of drug-likeness (QED) is 0.848. The number of carbonyl (C=O) groups is 1. The van der Waals surface area contributed by atoms with Crippen molar-refractivity contribution >= 4 is 27.3 Å². The van der Waals surface area contributed by atoms with Gasteiger partial charge in [-0.15, -0.1) is 11.3 Å². The van der Waals surface area contributed by atoms with E-state index in [9.17, 15) is 4.79 Å². The van der Waals surface area contributed by atoms with Crippen LogP contribution in [0.3, 0.4) is 0 Å². The first-order chi connectivity index (χ1) is 9.72. The molecule has 1 amide bonds. The maximum absolute atomic E-state index is 11.4. The van der Waals surface area contributed by atoms with Gasteiger partial charge in [-0.3, -0.25) is 9.69 Å². The fourth-order valence-electron chi connectivity index (χ4n) is 2.78. The third-order valence-electron chi connectivity index (χ3n) is 3.89. The molecule has 0 bridgehead atoms. The Balaban J connectivity index is 1.66. The van der Waals surface area contributed by atoms with Crippen molar-refractivity contribution < 1.29 is 4.79 Å². The Morgan fingerprint density at radius 2 is 2.05 bits per heavy atom. The van der Waals surface area contributed by atoms with Crippen molar-refractivity contribution in [1.29, 1.82) is 0 Å². The summed E-state index contributed by atoms with van der Waals surface area (Å²) in [4.78, 5) is 17.3. The van der Waals surface area contributed by atoms with Crippen LogP contribution < -0.4 is 0 Å². The number of rotatable bonds is 2. The minimum atomic E-state index is 0.203. The van der Waals surface area contributed by atoms with Crippen molar-refractivity contribution in [3.8, 4) is 0 Å². The number of carbonyl (C=O) groups excluding carboxylic acids is 1. The van der Waals surface area contributed by atoms with E-state index in [-0.39, 0.29) is 5.91 Å². The second kappa shape index (κ2) is 5.94. The summed E-state index contributed by atoms with van der Waals surface area (Å²) in [5, 5.41) is 1.34. The number of thiophene rings is 1. The zero-order chi connectivity index (χ0) is 13.9. The summed E-state index contributed by atoms with van der Waals surface area (Å²) in [6.45, 7) is 6.50. The van der Waals surface area contributed by atoms with Gasteiger partial charge in [-0.2, -0.15) is 0 Å². The molecular weight excluding hydrogens is 268 g/mol. The molecule has 3 nitrogen and oxygen atoms in total. The molecular formula is C16H20N2OS. The first-order valence-electron chi connectivity index (χ1n) is 7.18. The molecule has 0 aliphatic carbocycles. The summed E-state index contributed by atoms with van der Waals surface area (Å²) >= 11 is 1.88. The molecule has 0 atom stereocenters. The van der Waals surface area contributed by atoms with Crippen molar-refractivity contribution in [2.24, 2.45) is 0 Å². The summed E-state index contributed by atoms with van der Waals surface area (Å²) in [5.74, 6) is 0.203. The van der Waals surface area contributed by atoms with Gasteiger partial charge in [-0.1, -0.05) is 18.2 Å². The van der Waals surface area contributed by atoms with Gasteiger partial charge in [0.05, 0.1) is 0 Å². The van der Waals surface area contributed by atoms with E-state index in [1.165, 1.54) is 15.0 Å². The first kappa shape index (κ1) is 13.6. The number of fused-ring (bicyclic) bond motifs is 1. The standard InChI is InChI=1S/C16H20N2OS/c1-13(19)18-8-4-7-17(9-10-18)12-15-11-14-5-2-3-6-16(14)20-15/h2-3,5-6,11H,4,7-10,12H2,1H3. The fraction of sp³-hybridized carbons (Fsp3) is 0.438. The predicted octanol–water partition coefficient (Wildman–Crippen LogP) is 2.96. The predicted molar refractivity (Wildman–Crippen MR) is 84.0 cm³/mol. The molecule has 0 N–H and O–H groups in total. The topological polar surface area (TPSA) is 23.6 Å². The van der Waals surface area contributed by atoms with Gasteiger partial charge in [-0.05, 0) is 23.9 Å². The second-order valence-electron chi connectivity index (χ2n) is 5.39. The Hall–Kier alpha value is -1.39. The maximum atomic E-state index is 11.4. The Morgan fingerprint density at radius 1 is 1.20 bits per heavy atom. The minimum Gasteiger partial charge on any atom is -0.342 e. The smallest absolute Gasteiger partial charge is 0.219 e. The zero-order valence-electron chi connectivity index (χ0n) is 11.8. The lowest BCUT2D eigenvalue weighted by Gasteiger charge is -2.20. The van der Waals surface area contributed by atoms with Crippen LogP contribution in [0.4, 0.5) is 0 Å². The maximum Gasteiger partial charge on any atom is 0.219 e. The van der Waals surface area contributed by atoms with E-state index >= 15 is 0 Å². The van der Waals surface area contributed by atoms with Gasteiger partial charge in [0.15, 0.2) is 0 Å². The summed E-state index contributed by atoms with van der Waals surface area (Å²) in [6, 6.07) is 10.8. The van der Waals surface area contributed by atoms with Crippen molar-refractivity contribution in [2.75, 3.05) is 26.2 Å². The van der Waals surface area contributed by atoms with Crippen LogP contribution in [-0.2, 0) is 11.3 Å². The molecule has 0 spiro atoms. The van der Waals surface area contributed by atoms with Gasteiger partial charge in [0.25, 0.3) is 0 Å². The molecule has 0 unspecified atom stereocenters. The van der Waals surface area contributed by atoms with E-state index in [1.807, 2.05) is 16.2 Å². The Morgan fingerprint density at radius 3 is 2.85 bits per heavy atom. The highest BCUT2D eigenvalue weighted by Crippen LogP contribution is 2.26. The molecule has 1 saturated heterocycles. The minimum absolute atomic E-state index is 0.203. The molecule has 1 aliphatic heterocycles. The van der Waals surface area contributed by atoms with E-state index in [4.69, 9.17) is 0 Å². The first-order valence-corrected chi connectivity index (χ1v) is 7.99. The van der Waals surface area contributed by atoms with Crippen LogP contribution in [0.15, 0.2) is 30.3 Å². The van der Waals surface area contributed by atoms with E-state index in [0.29, 0.717) is 0 Å². The number of nitrogens with zero attached hydrogens (tertiary/aromatic N) is 2. The molecule has 106 valence electrons. The fourth-order valence-corrected chi connectivity index (χ4v) is 3.89. The lowest BCUT2D eigenvalue weighted by Crippen LogP contribution is -2.33. The highest BCUT2D eigenvalue weighted by Gasteiger charge is 2.17. The van der Waals surface area contributed by atoms with Crippen LogP contribution in [0.5, 0.6) is 0 Å². The molecule has 1 fully saturated rings. The van der Waals surface area contributed by atoms with Crippen LogP contribution in [0.1, 0.15) is 18.2 Å². The Kier molecular flexibility index (Phi) is 4.03. The third-order valence-corrected chi connectivity index (χ3v) is 4.99. The SMILES string of the molecule is CC(=O)N1CCCN(Cc2cc3ccccc3s2)CC1. The van der Waals surface area contributed by atoms with Crippen molar-refractivity contribution in [3.05, 3.63) is 35.2 Å². The molecule has 0 radical (unpaired) electrons. The van der Waals surface area contributed by atoms with Crippen LogP contribution in [-0.4, -0.2) is 41.9 Å². The van der Waals surface area contributed by atoms with Crippen LogP contribution in [0.25, 0.3) is 10.1 Å². The lowest BCUT2D eigenvalue weighted by molar-refractivity contribution is -0.128. The van der Waals surface area contributed by atoms with E-state index in [0.717, 1.165) is 39.1 Å². The van der Waals surface area contributed by atoms with E-state index in [2.05, 4.69) is 35.2 Å². The molecule has 3 rings (SSSR count). The zero-order valence-corrected chi connectivity index (χ0v) is 12.7. The summed E-state index contributed by atoms with van der Waals surface area (Å²) < 4.78 is 1.36. The van der Waals surface area contributed by atoms with Crippen molar-refractivity contribution in [2.45, 2.75) is 19.9 Å². The van der Waals surface area contributed by atoms with Gasteiger partial charge < -0.3 is 4.90 Å². The summed E-state index contributed by atoms with van der Waals surface area (Å²) in [7, 11) is 0. The van der Waals surface area contributed by atoms with Crippen LogP contribution in [0, 0.1) is 0 Å². The van der Waals surface area contributed by atoms with Gasteiger partial charge in [0, 0.05) is 49.2 Å². The Bertz CT molecular complexity index is 574. The van der Waals surface area contributed by atoms with Crippen LogP contribution in [0.2, 0.25) is 0 Å². The molecule has 1 aromatic carbocycles. The van der Waals surface area contributed by atoms with E-state index < -0.39 is 0 Å². The van der Waals surface area contributed by atoms with Gasteiger partial charge in [0.1, 0.15) is 0 Å². The summed E-state index contributed by atoms with van der Waals surface area (Å²) in [6.07, 6.45) is 1.07. The second-order valence-corrected chi connectivity index (χ2v) is 6.55. The highest BCUT2D eigenvalue weighted by atomic mass is 32.1. The number of hydrogen-bond acceptors (Lipinski definition) is 3. The monoisotopic (exact) mass is 288 g/mol. The molecule has 4 heteroatoms. The van der Waals surface area contributed by atoms with Gasteiger partial charge in [0.2, 0.25) is 5.91 Å². The van der Waals surface area contributed by atoms with E-state index in [1.54, 1.807) is 6.92 Å². The highest BCUT2D eigenvalue weighted by molar-refractivity contribution is 7.19. The summed E-state index contributed by atoms with van der Waals surface area (Å²) in [5.41, 5.74) is 0. The molecule has 2 heterocycles. The normalized spacial score (nSPS) is 17.4. The number of amides is 1. The Labute approximate surface area is 123 Å². The molecule has 1 aliphatic rings.